The summed E-state index contributed by atoms with van der Waals surface area (Å²) in [6.45, 7) is 5.14. The molecule has 1 unspecified atom stereocenters. The zero-order chi connectivity index (χ0) is 23.5. The number of urea groups is 1. The maximum absolute atomic E-state index is 13.1. The van der Waals surface area contributed by atoms with E-state index in [1.165, 1.54) is 6.26 Å². The Kier molecular flexibility index (Phi) is 8.01. The summed E-state index contributed by atoms with van der Waals surface area (Å²) in [6.07, 6.45) is 4.72. The summed E-state index contributed by atoms with van der Waals surface area (Å²) in [5.41, 5.74) is 2.62. The first kappa shape index (κ1) is 24.7. The molecule has 0 saturated carbocycles. The zero-order valence-corrected chi connectivity index (χ0v) is 20.8. The molecule has 1 aliphatic rings. The molecule has 0 aliphatic carbocycles. The van der Waals surface area contributed by atoms with Crippen LogP contribution < -0.4 is 5.32 Å². The van der Waals surface area contributed by atoms with E-state index in [4.69, 9.17) is 23.2 Å². The fraction of sp³-hybridized carbons (Fsp3) is 0.500. The number of aromatic nitrogens is 2. The Morgan fingerprint density at radius 3 is 2.66 bits per heavy atom. The van der Waals surface area contributed by atoms with Crippen LogP contribution in [-0.2, 0) is 29.2 Å². The van der Waals surface area contributed by atoms with Crippen LogP contribution in [0, 0.1) is 5.92 Å². The Balaban J connectivity index is 1.76. The molecule has 0 radical (unpaired) electrons. The highest BCUT2D eigenvalue weighted by Gasteiger charge is 2.25. The number of hydrogen-bond acceptors (Lipinski definition) is 5. The van der Waals surface area contributed by atoms with Crippen molar-refractivity contribution in [1.29, 1.82) is 0 Å². The molecule has 1 aliphatic heterocycles. The van der Waals surface area contributed by atoms with Crippen LogP contribution in [0.25, 0.3) is 0 Å². The van der Waals surface area contributed by atoms with Crippen LogP contribution in [0.15, 0.2) is 24.4 Å². The maximum Gasteiger partial charge on any atom is 0.318 e. The lowest BCUT2D eigenvalue weighted by Crippen LogP contribution is -2.44. The third-order valence-corrected chi connectivity index (χ3v) is 7.01. The minimum atomic E-state index is -3.20. The van der Waals surface area contributed by atoms with Crippen molar-refractivity contribution < 1.29 is 13.2 Å². The second-order valence-corrected chi connectivity index (χ2v) is 11.7. The highest BCUT2D eigenvalue weighted by molar-refractivity contribution is 7.90. The summed E-state index contributed by atoms with van der Waals surface area (Å²) in [7, 11) is -3.20. The number of amides is 2. The van der Waals surface area contributed by atoms with Crippen molar-refractivity contribution in [3.05, 3.63) is 57.1 Å². The second-order valence-electron chi connectivity index (χ2n) is 8.62. The lowest BCUT2D eigenvalue weighted by atomic mass is 10.0. The number of halogens is 2. The molecule has 2 heterocycles. The first-order chi connectivity index (χ1) is 15.0. The average molecular weight is 499 g/mol. The molecule has 0 fully saturated rings. The van der Waals surface area contributed by atoms with Crippen molar-refractivity contribution in [2.75, 3.05) is 18.6 Å². The zero-order valence-electron chi connectivity index (χ0n) is 18.4. The lowest BCUT2D eigenvalue weighted by Gasteiger charge is -2.30. The fourth-order valence-corrected chi connectivity index (χ4v) is 4.58. The molecule has 2 amide bonds. The Bertz CT molecular complexity index is 1090. The molecule has 1 atom stereocenters. The van der Waals surface area contributed by atoms with Crippen LogP contribution >= 0.6 is 23.2 Å². The number of carbonyl (C=O) groups is 1. The van der Waals surface area contributed by atoms with Gasteiger partial charge in [0.15, 0.2) is 0 Å². The molecule has 7 nitrogen and oxygen atoms in total. The number of rotatable bonds is 7. The van der Waals surface area contributed by atoms with Gasteiger partial charge in [-0.3, -0.25) is 0 Å². The van der Waals surface area contributed by atoms with Crippen LogP contribution in [0.1, 0.15) is 49.0 Å². The molecular formula is C22H28Cl2N4O3S. The summed E-state index contributed by atoms with van der Waals surface area (Å²) < 4.78 is 23.5. The number of carbonyl (C=O) groups excluding carboxylic acids is 1. The molecule has 3 rings (SSSR count). The quantitative estimate of drug-likeness (QED) is 0.616. The fourth-order valence-electron chi connectivity index (χ4n) is 3.60. The Morgan fingerprint density at radius 1 is 1.25 bits per heavy atom. The van der Waals surface area contributed by atoms with Gasteiger partial charge in [-0.2, -0.15) is 0 Å². The smallest absolute Gasteiger partial charge is 0.318 e. The molecule has 2 aromatic rings. The third kappa shape index (κ3) is 6.80. The highest BCUT2D eigenvalue weighted by atomic mass is 35.5. The number of benzene rings is 1. The lowest BCUT2D eigenvalue weighted by molar-refractivity contribution is 0.186. The van der Waals surface area contributed by atoms with Gasteiger partial charge in [-0.05, 0) is 42.0 Å². The summed E-state index contributed by atoms with van der Waals surface area (Å²) >= 11 is 12.2. The molecular weight excluding hydrogens is 471 g/mol. The van der Waals surface area contributed by atoms with Gasteiger partial charge in [-0.15, -0.1) is 0 Å². The van der Waals surface area contributed by atoms with Gasteiger partial charge in [-0.25, -0.2) is 23.2 Å². The number of nitrogens with zero attached hydrogens (tertiary/aromatic N) is 3. The minimum Gasteiger partial charge on any atom is -0.331 e. The van der Waals surface area contributed by atoms with E-state index < -0.39 is 15.9 Å². The van der Waals surface area contributed by atoms with E-state index in [1.54, 1.807) is 23.1 Å². The Morgan fingerprint density at radius 2 is 2.00 bits per heavy atom. The van der Waals surface area contributed by atoms with Crippen molar-refractivity contribution in [3.8, 4) is 0 Å². The van der Waals surface area contributed by atoms with E-state index in [1.807, 2.05) is 6.20 Å². The summed E-state index contributed by atoms with van der Waals surface area (Å²) in [5.74, 6) is 1.16. The van der Waals surface area contributed by atoms with Gasteiger partial charge < -0.3 is 10.2 Å². The van der Waals surface area contributed by atoms with Crippen molar-refractivity contribution in [1.82, 2.24) is 20.2 Å². The molecule has 174 valence electrons. The number of fused-ring (bicyclic) bond motifs is 1. The molecule has 0 bridgehead atoms. The Labute approximate surface area is 199 Å². The number of sulfone groups is 1. The topological polar surface area (TPSA) is 92.3 Å². The average Bonchev–Trinajstić information content (AvgIpc) is 2.71. The normalized spacial score (nSPS) is 14.9. The molecule has 0 spiro atoms. The van der Waals surface area contributed by atoms with E-state index in [0.717, 1.165) is 23.5 Å². The minimum absolute atomic E-state index is 0.0627. The molecule has 1 aromatic carbocycles. The van der Waals surface area contributed by atoms with Crippen LogP contribution in [0.4, 0.5) is 4.79 Å². The predicted octanol–water partition coefficient (Wildman–Crippen LogP) is 4.23. The van der Waals surface area contributed by atoms with Crippen LogP contribution in [0.2, 0.25) is 10.0 Å². The molecule has 10 heteroatoms. The second kappa shape index (κ2) is 10.4. The van der Waals surface area contributed by atoms with Crippen LogP contribution in [0.5, 0.6) is 0 Å². The maximum atomic E-state index is 13.1. The number of hydrogen-bond donors (Lipinski definition) is 1. The third-order valence-electron chi connectivity index (χ3n) is 5.29. The Hall–Kier alpha value is -1.90. The molecule has 1 aromatic heterocycles. The van der Waals surface area contributed by atoms with Crippen LogP contribution in [0.3, 0.4) is 0 Å². The van der Waals surface area contributed by atoms with Crippen molar-refractivity contribution in [3.63, 3.8) is 0 Å². The van der Waals surface area contributed by atoms with Gasteiger partial charge >= 0.3 is 6.03 Å². The monoisotopic (exact) mass is 498 g/mol. The largest absolute Gasteiger partial charge is 0.331 e. The standard InChI is InChI=1S/C22H28Cl2N4O3S/c1-14(2)10-21-25-12-16-6-8-28(13-20(16)26-21)22(29)27-19(7-9-32(3,30)31)15-4-5-17(23)18(24)11-15/h4-5,11-12,14,19H,6-10,13H2,1-3H3,(H,27,29). The molecule has 1 N–H and O–H groups in total. The van der Waals surface area contributed by atoms with E-state index in [9.17, 15) is 13.2 Å². The van der Waals surface area contributed by atoms with Gasteiger partial charge in [0.05, 0.1) is 34.1 Å². The van der Waals surface area contributed by atoms with E-state index in [-0.39, 0.29) is 18.2 Å². The summed E-state index contributed by atoms with van der Waals surface area (Å²) in [4.78, 5) is 23.9. The predicted molar refractivity (Wildman–Crippen MR) is 127 cm³/mol. The van der Waals surface area contributed by atoms with Crippen molar-refractivity contribution >= 4 is 39.1 Å². The van der Waals surface area contributed by atoms with Gasteiger partial charge in [0.1, 0.15) is 15.7 Å². The van der Waals surface area contributed by atoms with Gasteiger partial charge in [-0.1, -0.05) is 43.1 Å². The molecule has 0 saturated heterocycles. The summed E-state index contributed by atoms with van der Waals surface area (Å²) in [5, 5.41) is 3.72. The van der Waals surface area contributed by atoms with E-state index in [2.05, 4.69) is 29.1 Å². The number of nitrogens with one attached hydrogen (secondary N) is 1. The van der Waals surface area contributed by atoms with E-state index in [0.29, 0.717) is 41.0 Å². The first-order valence-electron chi connectivity index (χ1n) is 10.5. The van der Waals surface area contributed by atoms with E-state index >= 15 is 0 Å². The van der Waals surface area contributed by atoms with Crippen molar-refractivity contribution in [2.24, 2.45) is 5.92 Å². The summed E-state index contributed by atoms with van der Waals surface area (Å²) in [6, 6.07) is 4.26. The van der Waals surface area contributed by atoms with Gasteiger partial charge in [0, 0.05) is 25.4 Å². The van der Waals surface area contributed by atoms with Crippen LogP contribution in [-0.4, -0.2) is 47.9 Å². The SMILES string of the molecule is CC(C)Cc1ncc2c(n1)CN(C(=O)NC(CCS(C)(=O)=O)c1ccc(Cl)c(Cl)c1)CC2. The van der Waals surface area contributed by atoms with Crippen molar-refractivity contribution in [2.45, 2.75) is 45.7 Å². The highest BCUT2D eigenvalue weighted by Crippen LogP contribution is 2.28. The first-order valence-corrected chi connectivity index (χ1v) is 13.3. The molecule has 32 heavy (non-hydrogen) atoms. The van der Waals surface area contributed by atoms with Gasteiger partial charge in [0.2, 0.25) is 0 Å². The van der Waals surface area contributed by atoms with Gasteiger partial charge in [0.25, 0.3) is 0 Å².